The van der Waals surface area contributed by atoms with E-state index in [2.05, 4.69) is 5.32 Å². The fourth-order valence-corrected chi connectivity index (χ4v) is 1.01. The van der Waals surface area contributed by atoms with Crippen molar-refractivity contribution in [1.29, 1.82) is 0 Å². The van der Waals surface area contributed by atoms with Crippen LogP contribution in [0, 0.1) is 6.92 Å². The van der Waals surface area contributed by atoms with Crippen molar-refractivity contribution >= 4 is 0 Å². The van der Waals surface area contributed by atoms with Gasteiger partial charge < -0.3 is 5.11 Å². The summed E-state index contributed by atoms with van der Waals surface area (Å²) in [7, 11) is 1.73. The molecule has 2 N–H and O–H groups in total. The highest BCUT2D eigenvalue weighted by atomic mass is 16.3. The fourth-order valence-electron chi connectivity index (χ4n) is 1.01. The molecule has 0 aliphatic carbocycles. The molecule has 60 valence electrons. The van der Waals surface area contributed by atoms with Crippen LogP contribution in [0.1, 0.15) is 17.4 Å². The zero-order valence-electron chi connectivity index (χ0n) is 6.83. The molecule has 2 nitrogen and oxygen atoms in total. The Labute approximate surface area is 66.9 Å². The molecule has 1 aromatic rings. The van der Waals surface area contributed by atoms with Crippen LogP contribution in [0.2, 0.25) is 0 Å². The van der Waals surface area contributed by atoms with Crippen LogP contribution >= 0.6 is 0 Å². The predicted octanol–water partition coefficient (Wildman–Crippen LogP) is 1.21. The number of hydrogen-bond acceptors (Lipinski definition) is 2. The summed E-state index contributed by atoms with van der Waals surface area (Å²) in [6.45, 7) is 2.01. The van der Waals surface area contributed by atoms with Crippen LogP contribution in [-0.4, -0.2) is 12.2 Å². The molecule has 0 radical (unpaired) electrons. The Morgan fingerprint density at radius 1 is 1.45 bits per heavy atom. The van der Waals surface area contributed by atoms with Crippen molar-refractivity contribution in [3.63, 3.8) is 0 Å². The van der Waals surface area contributed by atoms with Gasteiger partial charge in [0.1, 0.15) is 6.23 Å². The van der Waals surface area contributed by atoms with E-state index in [1.54, 1.807) is 7.05 Å². The van der Waals surface area contributed by atoms with Gasteiger partial charge in [-0.1, -0.05) is 29.8 Å². The average Bonchev–Trinajstić information content (AvgIpc) is 2.03. The smallest absolute Gasteiger partial charge is 0.130 e. The second-order valence-corrected chi connectivity index (χ2v) is 2.61. The number of hydrogen-bond donors (Lipinski definition) is 2. The van der Waals surface area contributed by atoms with Crippen molar-refractivity contribution in [2.75, 3.05) is 7.05 Å². The lowest BCUT2D eigenvalue weighted by Crippen LogP contribution is -2.14. The lowest BCUT2D eigenvalue weighted by Gasteiger charge is -2.09. The van der Waals surface area contributed by atoms with Crippen molar-refractivity contribution < 1.29 is 5.11 Å². The summed E-state index contributed by atoms with van der Waals surface area (Å²) in [6, 6.07) is 7.80. The van der Waals surface area contributed by atoms with Gasteiger partial charge >= 0.3 is 0 Å². The zero-order chi connectivity index (χ0) is 8.27. The molecule has 0 spiro atoms. The molecule has 0 aliphatic heterocycles. The first kappa shape index (κ1) is 8.24. The number of benzene rings is 1. The molecule has 0 saturated carbocycles. The van der Waals surface area contributed by atoms with Crippen molar-refractivity contribution in [3.05, 3.63) is 35.4 Å². The molecule has 2 heteroatoms. The molecule has 0 heterocycles. The van der Waals surface area contributed by atoms with Crippen LogP contribution in [0.4, 0.5) is 0 Å². The highest BCUT2D eigenvalue weighted by molar-refractivity contribution is 5.23. The van der Waals surface area contributed by atoms with Crippen molar-refractivity contribution in [3.8, 4) is 0 Å². The zero-order valence-corrected chi connectivity index (χ0v) is 6.83. The highest BCUT2D eigenvalue weighted by Crippen LogP contribution is 2.10. The minimum atomic E-state index is -0.546. The van der Waals surface area contributed by atoms with Crippen molar-refractivity contribution in [2.45, 2.75) is 13.2 Å². The van der Waals surface area contributed by atoms with E-state index in [0.29, 0.717) is 0 Å². The Morgan fingerprint density at radius 2 is 2.18 bits per heavy atom. The summed E-state index contributed by atoms with van der Waals surface area (Å²) in [5.41, 5.74) is 2.07. The maximum Gasteiger partial charge on any atom is 0.130 e. The third-order valence-corrected chi connectivity index (χ3v) is 1.63. The summed E-state index contributed by atoms with van der Waals surface area (Å²) >= 11 is 0. The monoisotopic (exact) mass is 151 g/mol. The van der Waals surface area contributed by atoms with E-state index in [1.807, 2.05) is 31.2 Å². The van der Waals surface area contributed by atoms with E-state index in [-0.39, 0.29) is 0 Å². The molecule has 1 aromatic carbocycles. The maximum absolute atomic E-state index is 9.34. The van der Waals surface area contributed by atoms with Crippen LogP contribution < -0.4 is 5.32 Å². The Hall–Kier alpha value is -0.860. The predicted molar refractivity (Wildman–Crippen MR) is 45.2 cm³/mol. The number of aryl methyl sites for hydroxylation is 1. The Bertz CT molecular complexity index is 235. The van der Waals surface area contributed by atoms with Gasteiger partial charge in [-0.25, -0.2) is 0 Å². The van der Waals surface area contributed by atoms with E-state index in [0.717, 1.165) is 11.1 Å². The second-order valence-electron chi connectivity index (χ2n) is 2.61. The summed E-state index contributed by atoms with van der Waals surface area (Å²) in [6.07, 6.45) is -0.546. The molecule has 1 rings (SSSR count). The van der Waals surface area contributed by atoms with Gasteiger partial charge in [0, 0.05) is 0 Å². The Morgan fingerprint density at radius 3 is 2.73 bits per heavy atom. The van der Waals surface area contributed by atoms with Gasteiger partial charge in [-0.3, -0.25) is 5.32 Å². The van der Waals surface area contributed by atoms with E-state index in [4.69, 9.17) is 0 Å². The molecule has 11 heavy (non-hydrogen) atoms. The summed E-state index contributed by atoms with van der Waals surface area (Å²) in [4.78, 5) is 0. The minimum Gasteiger partial charge on any atom is -0.374 e. The highest BCUT2D eigenvalue weighted by Gasteiger charge is 2.01. The Balaban J connectivity index is 2.86. The van der Waals surface area contributed by atoms with Gasteiger partial charge in [-0.2, -0.15) is 0 Å². The van der Waals surface area contributed by atoms with Gasteiger partial charge in [-0.15, -0.1) is 0 Å². The maximum atomic E-state index is 9.34. The van der Waals surface area contributed by atoms with Gasteiger partial charge in [0.05, 0.1) is 0 Å². The molecule has 0 fully saturated rings. The lowest BCUT2D eigenvalue weighted by atomic mass is 10.1. The quantitative estimate of drug-likeness (QED) is 0.622. The summed E-state index contributed by atoms with van der Waals surface area (Å²) in [5, 5.41) is 12.1. The number of nitrogens with one attached hydrogen (secondary N) is 1. The van der Waals surface area contributed by atoms with E-state index in [1.165, 1.54) is 0 Å². The van der Waals surface area contributed by atoms with Gasteiger partial charge in [0.25, 0.3) is 0 Å². The molecule has 1 unspecified atom stereocenters. The molecule has 0 aromatic heterocycles. The second kappa shape index (κ2) is 3.51. The lowest BCUT2D eigenvalue weighted by molar-refractivity contribution is 0.149. The molecule has 1 atom stereocenters. The van der Waals surface area contributed by atoms with E-state index in [9.17, 15) is 5.11 Å². The number of aliphatic hydroxyl groups excluding tert-OH is 1. The average molecular weight is 151 g/mol. The third kappa shape index (κ3) is 2.03. The topological polar surface area (TPSA) is 32.3 Å². The molecule has 0 saturated heterocycles. The van der Waals surface area contributed by atoms with Crippen LogP contribution in [0.25, 0.3) is 0 Å². The van der Waals surface area contributed by atoms with E-state index >= 15 is 0 Å². The first-order chi connectivity index (χ1) is 5.24. The fraction of sp³-hybridized carbons (Fsp3) is 0.333. The van der Waals surface area contributed by atoms with Crippen LogP contribution in [0.15, 0.2) is 24.3 Å². The van der Waals surface area contributed by atoms with Crippen molar-refractivity contribution in [2.24, 2.45) is 0 Å². The first-order valence-electron chi connectivity index (χ1n) is 3.66. The normalized spacial score (nSPS) is 13.0. The largest absolute Gasteiger partial charge is 0.374 e. The van der Waals surface area contributed by atoms with Crippen molar-refractivity contribution in [1.82, 2.24) is 5.32 Å². The number of rotatable bonds is 2. The van der Waals surface area contributed by atoms with Crippen LogP contribution in [0.3, 0.4) is 0 Å². The SMILES string of the molecule is CNC(O)c1cccc(C)c1. The minimum absolute atomic E-state index is 0.546. The Kier molecular flexibility index (Phi) is 2.63. The van der Waals surface area contributed by atoms with Crippen LogP contribution in [-0.2, 0) is 0 Å². The van der Waals surface area contributed by atoms with Gasteiger partial charge in [0.2, 0.25) is 0 Å². The van der Waals surface area contributed by atoms with E-state index < -0.39 is 6.23 Å². The molecular weight excluding hydrogens is 138 g/mol. The molecule has 0 amide bonds. The molecular formula is C9H13NO. The van der Waals surface area contributed by atoms with Gasteiger partial charge in [-0.05, 0) is 19.5 Å². The number of aliphatic hydroxyl groups is 1. The first-order valence-corrected chi connectivity index (χ1v) is 3.66. The molecule has 0 aliphatic rings. The van der Waals surface area contributed by atoms with Gasteiger partial charge in [0.15, 0.2) is 0 Å². The standard InChI is InChI=1S/C9H13NO/c1-7-4-3-5-8(6-7)9(11)10-2/h3-6,9-11H,1-2H3. The third-order valence-electron chi connectivity index (χ3n) is 1.63. The van der Waals surface area contributed by atoms with Crippen LogP contribution in [0.5, 0.6) is 0 Å². The summed E-state index contributed by atoms with van der Waals surface area (Å²) in [5.74, 6) is 0. The summed E-state index contributed by atoms with van der Waals surface area (Å²) < 4.78 is 0. The molecule has 0 bridgehead atoms.